The zero-order chi connectivity index (χ0) is 7.28. The van der Waals surface area contributed by atoms with Gasteiger partial charge in [-0.1, -0.05) is 0 Å². The number of amides is 2. The van der Waals surface area contributed by atoms with Gasteiger partial charge in [-0.05, 0) is 17.8 Å². The number of urea groups is 1. The summed E-state index contributed by atoms with van der Waals surface area (Å²) in [6.45, 7) is 2.43. The monoisotopic (exact) mass is 149 g/mol. The third-order valence-electron chi connectivity index (χ3n) is 0.555. The Hall–Kier alpha value is -0.420. The Morgan fingerprint density at radius 2 is 2.44 bits per heavy atom. The average molecular weight is 149 g/mol. The predicted molar refractivity (Wildman–Crippen MR) is 39.0 cm³/mol. The lowest BCUT2D eigenvalue weighted by Crippen LogP contribution is -2.20. The van der Waals surface area contributed by atoms with Crippen LogP contribution in [0.4, 0.5) is 4.79 Å². The van der Waals surface area contributed by atoms with Crippen molar-refractivity contribution in [2.75, 3.05) is 12.8 Å². The number of hydrogen-bond acceptors (Lipinski definition) is 1. The van der Waals surface area contributed by atoms with Crippen LogP contribution in [0.5, 0.6) is 0 Å². The maximum absolute atomic E-state index is 10.5. The molecule has 2 amide bonds. The molecule has 0 aliphatic rings. The van der Waals surface area contributed by atoms with Gasteiger partial charge in [-0.2, -0.15) is 4.36 Å². The quantitative estimate of drug-likeness (QED) is 0.552. The first-order chi connectivity index (χ1) is 4.16. The Balaban J connectivity index is 3.63. The molecule has 0 saturated carbocycles. The van der Waals surface area contributed by atoms with Gasteiger partial charge in [0.25, 0.3) is 0 Å². The third kappa shape index (κ3) is 5.45. The van der Waals surface area contributed by atoms with E-state index in [0.717, 1.165) is 0 Å². The maximum atomic E-state index is 10.5. The smallest absolute Gasteiger partial charge is 0.336 e. The number of carbonyl (C=O) groups excluding carboxylic acids is 1. The molecule has 3 N–H and O–H groups in total. The molecule has 54 valence electrons. The SMILES string of the molecule is CCNC(=O)/N=S(/C)N. The van der Waals surface area contributed by atoms with E-state index in [-0.39, 0.29) is 6.03 Å². The van der Waals surface area contributed by atoms with Crippen LogP contribution in [-0.2, 0) is 10.9 Å². The fourth-order valence-electron chi connectivity index (χ4n) is 0.314. The van der Waals surface area contributed by atoms with Gasteiger partial charge in [0.1, 0.15) is 0 Å². The zero-order valence-electron chi connectivity index (χ0n) is 5.55. The van der Waals surface area contributed by atoms with Crippen molar-refractivity contribution < 1.29 is 4.79 Å². The maximum Gasteiger partial charge on any atom is 0.348 e. The van der Waals surface area contributed by atoms with Crippen molar-refractivity contribution >= 4 is 16.9 Å². The lowest BCUT2D eigenvalue weighted by molar-refractivity contribution is 0.250. The largest absolute Gasteiger partial charge is 0.348 e. The van der Waals surface area contributed by atoms with E-state index in [9.17, 15) is 4.79 Å². The number of rotatable bonds is 1. The van der Waals surface area contributed by atoms with Crippen molar-refractivity contribution in [3.8, 4) is 0 Å². The standard InChI is InChI=1S/C4H11N3OS/c1-3-6-4(8)7-9(2)5/h3H2,1-2H3,(H3,5,6,7,8). The molecule has 0 aromatic carbocycles. The molecule has 0 rings (SSSR count). The molecule has 4 nitrogen and oxygen atoms in total. The van der Waals surface area contributed by atoms with E-state index in [2.05, 4.69) is 9.68 Å². The summed E-state index contributed by atoms with van der Waals surface area (Å²) in [5.74, 6) is 0. The van der Waals surface area contributed by atoms with Crippen molar-refractivity contribution in [2.24, 2.45) is 9.50 Å². The molecule has 0 bridgehead atoms. The van der Waals surface area contributed by atoms with Gasteiger partial charge >= 0.3 is 6.03 Å². The highest BCUT2D eigenvalue weighted by Gasteiger charge is 1.90. The van der Waals surface area contributed by atoms with Gasteiger partial charge in [0, 0.05) is 12.8 Å². The molecule has 0 aliphatic heterocycles. The van der Waals surface area contributed by atoms with E-state index >= 15 is 0 Å². The minimum Gasteiger partial charge on any atom is -0.336 e. The van der Waals surface area contributed by atoms with E-state index in [4.69, 9.17) is 5.14 Å². The summed E-state index contributed by atoms with van der Waals surface area (Å²) < 4.78 is 3.52. The minimum atomic E-state index is -0.634. The molecular formula is C4H11N3OS. The summed E-state index contributed by atoms with van der Waals surface area (Å²) >= 11 is 0. The van der Waals surface area contributed by atoms with Gasteiger partial charge in [0.05, 0.1) is 0 Å². The van der Waals surface area contributed by atoms with Crippen LogP contribution < -0.4 is 10.5 Å². The Labute approximate surface area is 57.0 Å². The number of nitrogens with two attached hydrogens (primary N) is 1. The highest BCUT2D eigenvalue weighted by atomic mass is 32.2. The topological polar surface area (TPSA) is 67.5 Å². The molecule has 0 spiro atoms. The number of hydrogen-bond donors (Lipinski definition) is 2. The Kier molecular flexibility index (Phi) is 4.25. The molecule has 0 aliphatic carbocycles. The van der Waals surface area contributed by atoms with Crippen LogP contribution in [0.15, 0.2) is 4.36 Å². The minimum absolute atomic E-state index is 0.328. The number of nitrogens with one attached hydrogen (secondary N) is 1. The van der Waals surface area contributed by atoms with Crippen LogP contribution in [0.3, 0.4) is 0 Å². The molecular weight excluding hydrogens is 138 g/mol. The van der Waals surface area contributed by atoms with E-state index < -0.39 is 10.9 Å². The highest BCUT2D eigenvalue weighted by Crippen LogP contribution is 1.74. The normalized spacial score (nSPS) is 13.2. The Morgan fingerprint density at radius 3 is 2.78 bits per heavy atom. The first-order valence-electron chi connectivity index (χ1n) is 2.56. The lowest BCUT2D eigenvalue weighted by Gasteiger charge is -1.93. The molecule has 9 heavy (non-hydrogen) atoms. The summed E-state index contributed by atoms with van der Waals surface area (Å²) in [5, 5.41) is 7.72. The molecule has 1 unspecified atom stereocenters. The van der Waals surface area contributed by atoms with Crippen molar-refractivity contribution in [3.63, 3.8) is 0 Å². The fourth-order valence-corrected chi connectivity index (χ4v) is 0.640. The van der Waals surface area contributed by atoms with Crippen molar-refractivity contribution in [2.45, 2.75) is 6.92 Å². The van der Waals surface area contributed by atoms with Crippen LogP contribution in [0.25, 0.3) is 0 Å². The second-order valence-corrected chi connectivity index (χ2v) is 2.68. The van der Waals surface area contributed by atoms with Crippen molar-refractivity contribution in [1.29, 1.82) is 0 Å². The van der Waals surface area contributed by atoms with Gasteiger partial charge in [-0.15, -0.1) is 0 Å². The Bertz CT molecular complexity index is 130. The first-order valence-corrected chi connectivity index (χ1v) is 4.22. The van der Waals surface area contributed by atoms with Crippen molar-refractivity contribution in [1.82, 2.24) is 5.32 Å². The summed E-state index contributed by atoms with van der Waals surface area (Å²) in [7, 11) is -0.634. The predicted octanol–water partition coefficient (Wildman–Crippen LogP) is 0.0213. The molecule has 0 radical (unpaired) electrons. The number of carbonyl (C=O) groups is 1. The second-order valence-electron chi connectivity index (χ2n) is 1.45. The third-order valence-corrected chi connectivity index (χ3v) is 1.01. The summed E-state index contributed by atoms with van der Waals surface area (Å²) in [5.41, 5.74) is 0. The van der Waals surface area contributed by atoms with E-state index in [0.29, 0.717) is 6.54 Å². The Morgan fingerprint density at radius 1 is 1.89 bits per heavy atom. The molecule has 0 aromatic rings. The van der Waals surface area contributed by atoms with Gasteiger partial charge in [0.15, 0.2) is 0 Å². The van der Waals surface area contributed by atoms with Crippen LogP contribution in [0, 0.1) is 0 Å². The van der Waals surface area contributed by atoms with Gasteiger partial charge in [-0.25, -0.2) is 4.79 Å². The summed E-state index contributed by atoms with van der Waals surface area (Å²) in [6, 6.07) is -0.328. The summed E-state index contributed by atoms with van der Waals surface area (Å²) in [4.78, 5) is 10.5. The van der Waals surface area contributed by atoms with Crippen LogP contribution in [-0.4, -0.2) is 18.8 Å². The van der Waals surface area contributed by atoms with Gasteiger partial charge in [0.2, 0.25) is 0 Å². The van der Waals surface area contributed by atoms with Crippen molar-refractivity contribution in [3.05, 3.63) is 0 Å². The van der Waals surface area contributed by atoms with Gasteiger partial charge in [-0.3, -0.25) is 5.14 Å². The molecule has 0 saturated heterocycles. The molecule has 0 aromatic heterocycles. The van der Waals surface area contributed by atoms with E-state index in [1.807, 2.05) is 6.92 Å². The van der Waals surface area contributed by atoms with Crippen LogP contribution in [0.2, 0.25) is 0 Å². The second kappa shape index (κ2) is 4.46. The summed E-state index contributed by atoms with van der Waals surface area (Å²) in [6.07, 6.45) is 1.68. The van der Waals surface area contributed by atoms with E-state index in [1.54, 1.807) is 6.26 Å². The number of nitrogens with zero attached hydrogens (tertiary/aromatic N) is 1. The lowest BCUT2D eigenvalue weighted by atomic mass is 10.7. The van der Waals surface area contributed by atoms with Crippen LogP contribution in [0.1, 0.15) is 6.92 Å². The highest BCUT2D eigenvalue weighted by molar-refractivity contribution is 7.84. The van der Waals surface area contributed by atoms with Crippen LogP contribution >= 0.6 is 0 Å². The first kappa shape index (κ1) is 8.58. The average Bonchev–Trinajstić information content (AvgIpc) is 1.63. The molecule has 1 atom stereocenters. The fraction of sp³-hybridized carbons (Fsp3) is 0.750. The molecule has 0 heterocycles. The molecule has 0 fully saturated rings. The van der Waals surface area contributed by atoms with Gasteiger partial charge < -0.3 is 5.32 Å². The zero-order valence-corrected chi connectivity index (χ0v) is 6.36. The van der Waals surface area contributed by atoms with E-state index in [1.165, 1.54) is 0 Å². The molecule has 5 heteroatoms.